The van der Waals surface area contributed by atoms with E-state index in [2.05, 4.69) is 0 Å². The van der Waals surface area contributed by atoms with Crippen molar-refractivity contribution in [2.75, 3.05) is 16.3 Å². The highest BCUT2D eigenvalue weighted by atomic mass is 32.2. The van der Waals surface area contributed by atoms with Gasteiger partial charge in [-0.15, -0.1) is 0 Å². The smallest absolute Gasteiger partial charge is 0.323 e. The van der Waals surface area contributed by atoms with Crippen molar-refractivity contribution >= 4 is 51.7 Å². The van der Waals surface area contributed by atoms with Gasteiger partial charge in [0.05, 0.1) is 21.9 Å². The van der Waals surface area contributed by atoms with Crippen molar-refractivity contribution in [2.45, 2.75) is 13.8 Å². The molecule has 8 heteroatoms. The van der Waals surface area contributed by atoms with Crippen LogP contribution in [0.25, 0.3) is 5.57 Å². The molecule has 3 amide bonds. The molecule has 0 atom stereocenters. The van der Waals surface area contributed by atoms with Crippen molar-refractivity contribution in [1.82, 2.24) is 0 Å². The average molecular weight is 408 g/mol. The number of carboxylic acid groups (broad SMARTS) is 1. The average Bonchev–Trinajstić information content (AvgIpc) is 3.10. The first-order chi connectivity index (χ1) is 13.8. The van der Waals surface area contributed by atoms with E-state index in [0.717, 1.165) is 20.9 Å². The topological polar surface area (TPSA) is 95.0 Å². The molecule has 7 nitrogen and oxygen atoms in total. The first kappa shape index (κ1) is 18.9. The molecular formula is C21H16N2O5S. The number of fused-ring (bicyclic) bond motifs is 1. The van der Waals surface area contributed by atoms with E-state index < -0.39 is 29.6 Å². The molecule has 2 aliphatic heterocycles. The molecule has 0 spiro atoms. The predicted octanol–water partition coefficient (Wildman–Crippen LogP) is 3.35. The lowest BCUT2D eigenvalue weighted by atomic mass is 10.1. The monoisotopic (exact) mass is 408 g/mol. The Bertz CT molecular complexity index is 1140. The maximum atomic E-state index is 13.2. The van der Waals surface area contributed by atoms with Crippen molar-refractivity contribution in [3.63, 3.8) is 0 Å². The van der Waals surface area contributed by atoms with Crippen LogP contribution in [-0.4, -0.2) is 34.7 Å². The van der Waals surface area contributed by atoms with Crippen LogP contribution in [0.4, 0.5) is 16.2 Å². The van der Waals surface area contributed by atoms with Gasteiger partial charge in [0.1, 0.15) is 6.54 Å². The number of carboxylic acids is 1. The first-order valence-electron chi connectivity index (χ1n) is 8.80. The fourth-order valence-corrected chi connectivity index (χ4v) is 4.40. The number of hydrogen-bond acceptors (Lipinski definition) is 5. The molecular weight excluding hydrogens is 392 g/mol. The second-order valence-electron chi connectivity index (χ2n) is 6.80. The standard InChI is InChI=1S/C21H16N2O5S/c1-11-7-8-12(2)15(9-11)23-20(27)18(29-21(23)28)17-13-5-3-4-6-14(13)22(19(17)26)10-16(24)25/h3-9H,10H2,1-2H3,(H,24,25)/b18-17-. The number of carbonyl (C=O) groups excluding carboxylic acids is 3. The lowest BCUT2D eigenvalue weighted by Crippen LogP contribution is -2.33. The van der Waals surface area contributed by atoms with Crippen molar-refractivity contribution in [1.29, 1.82) is 0 Å². The number of para-hydroxylation sites is 1. The summed E-state index contributed by atoms with van der Waals surface area (Å²) in [4.78, 5) is 52.3. The molecule has 0 bridgehead atoms. The Morgan fingerprint density at radius 1 is 1.00 bits per heavy atom. The van der Waals surface area contributed by atoms with E-state index in [9.17, 15) is 19.2 Å². The summed E-state index contributed by atoms with van der Waals surface area (Å²) in [5, 5.41) is 8.67. The number of aryl methyl sites for hydroxylation is 2. The van der Waals surface area contributed by atoms with E-state index in [-0.39, 0.29) is 10.5 Å². The summed E-state index contributed by atoms with van der Waals surface area (Å²) >= 11 is 0.699. The second kappa shape index (κ2) is 6.89. The van der Waals surface area contributed by atoms with Crippen LogP contribution in [0.3, 0.4) is 0 Å². The summed E-state index contributed by atoms with van der Waals surface area (Å²) in [6.45, 7) is 3.14. The largest absolute Gasteiger partial charge is 0.480 e. The highest BCUT2D eigenvalue weighted by Crippen LogP contribution is 2.45. The van der Waals surface area contributed by atoms with Crippen molar-refractivity contribution < 1.29 is 24.3 Å². The number of nitrogens with zero attached hydrogens (tertiary/aromatic N) is 2. The molecule has 0 aliphatic carbocycles. The molecule has 2 aliphatic rings. The fourth-order valence-electron chi connectivity index (χ4n) is 3.48. The van der Waals surface area contributed by atoms with E-state index in [1.165, 1.54) is 0 Å². The maximum absolute atomic E-state index is 13.2. The number of hydrogen-bond donors (Lipinski definition) is 1. The molecule has 2 aromatic carbocycles. The molecule has 1 N–H and O–H groups in total. The number of aliphatic carboxylic acids is 1. The quantitative estimate of drug-likeness (QED) is 0.783. The summed E-state index contributed by atoms with van der Waals surface area (Å²) in [6.07, 6.45) is 0. The zero-order chi connectivity index (χ0) is 20.9. The van der Waals surface area contributed by atoms with Crippen LogP contribution in [0.5, 0.6) is 0 Å². The van der Waals surface area contributed by atoms with Gasteiger partial charge >= 0.3 is 5.97 Å². The van der Waals surface area contributed by atoms with Crippen molar-refractivity contribution in [2.24, 2.45) is 0 Å². The zero-order valence-corrected chi connectivity index (χ0v) is 16.4. The Morgan fingerprint density at radius 3 is 2.45 bits per heavy atom. The summed E-state index contributed by atoms with van der Waals surface area (Å²) in [5.74, 6) is -2.35. The van der Waals surface area contributed by atoms with Gasteiger partial charge in [-0.05, 0) is 48.9 Å². The molecule has 4 rings (SSSR count). The molecule has 1 fully saturated rings. The van der Waals surface area contributed by atoms with Gasteiger partial charge in [-0.3, -0.25) is 24.1 Å². The maximum Gasteiger partial charge on any atom is 0.323 e. The van der Waals surface area contributed by atoms with Crippen molar-refractivity contribution in [3.05, 3.63) is 64.1 Å². The molecule has 0 saturated carbocycles. The Balaban J connectivity index is 1.85. The molecule has 0 radical (unpaired) electrons. The minimum absolute atomic E-state index is 0.0150. The fraction of sp³-hybridized carbons (Fsp3) is 0.143. The van der Waals surface area contributed by atoms with Gasteiger partial charge in [-0.2, -0.15) is 0 Å². The van der Waals surface area contributed by atoms with Gasteiger partial charge in [0.2, 0.25) is 0 Å². The summed E-state index contributed by atoms with van der Waals surface area (Å²) in [6, 6.07) is 12.1. The third kappa shape index (κ3) is 3.01. The minimum Gasteiger partial charge on any atom is -0.480 e. The van der Waals surface area contributed by atoms with E-state index in [0.29, 0.717) is 28.7 Å². The Hall–Kier alpha value is -3.39. The minimum atomic E-state index is -1.17. The predicted molar refractivity (Wildman–Crippen MR) is 110 cm³/mol. The van der Waals surface area contributed by atoms with Crippen LogP contribution in [0.15, 0.2) is 47.4 Å². The number of rotatable bonds is 3. The number of anilines is 2. The van der Waals surface area contributed by atoms with Crippen LogP contribution in [-0.2, 0) is 14.4 Å². The van der Waals surface area contributed by atoms with Gasteiger partial charge in [0.25, 0.3) is 17.1 Å². The van der Waals surface area contributed by atoms with Crippen LogP contribution in [0.2, 0.25) is 0 Å². The van der Waals surface area contributed by atoms with Crippen LogP contribution in [0, 0.1) is 13.8 Å². The molecule has 0 unspecified atom stereocenters. The number of imide groups is 1. The van der Waals surface area contributed by atoms with Crippen molar-refractivity contribution in [3.8, 4) is 0 Å². The number of thioether (sulfide) groups is 1. The zero-order valence-electron chi connectivity index (χ0n) is 15.6. The van der Waals surface area contributed by atoms with E-state index in [1.807, 2.05) is 19.1 Å². The summed E-state index contributed by atoms with van der Waals surface area (Å²) in [7, 11) is 0. The Labute approximate surface area is 170 Å². The lowest BCUT2D eigenvalue weighted by molar-refractivity contribution is -0.136. The van der Waals surface area contributed by atoms with Crippen LogP contribution < -0.4 is 9.80 Å². The summed E-state index contributed by atoms with van der Waals surface area (Å²) in [5.41, 5.74) is 3.06. The highest BCUT2D eigenvalue weighted by molar-refractivity contribution is 8.19. The van der Waals surface area contributed by atoms with E-state index in [4.69, 9.17) is 5.11 Å². The SMILES string of the molecule is Cc1ccc(C)c(N2C(=O)S/C(=C3\C(=O)N(CC(=O)O)c4ccccc43)C2=O)c1. The molecule has 2 heterocycles. The third-order valence-corrected chi connectivity index (χ3v) is 5.76. The third-order valence-electron chi connectivity index (χ3n) is 4.82. The first-order valence-corrected chi connectivity index (χ1v) is 9.62. The molecule has 1 saturated heterocycles. The van der Waals surface area contributed by atoms with Crippen LogP contribution in [0.1, 0.15) is 16.7 Å². The molecule has 146 valence electrons. The van der Waals surface area contributed by atoms with E-state index in [1.54, 1.807) is 37.3 Å². The highest BCUT2D eigenvalue weighted by Gasteiger charge is 2.44. The van der Waals surface area contributed by atoms with Gasteiger partial charge in [0.15, 0.2) is 0 Å². The normalized spacial score (nSPS) is 18.6. The van der Waals surface area contributed by atoms with Crippen LogP contribution >= 0.6 is 11.8 Å². The Morgan fingerprint density at radius 2 is 1.72 bits per heavy atom. The second-order valence-corrected chi connectivity index (χ2v) is 7.77. The number of amides is 3. The van der Waals surface area contributed by atoms with Gasteiger partial charge in [-0.25, -0.2) is 4.90 Å². The lowest BCUT2D eigenvalue weighted by Gasteiger charge is -2.16. The number of carbonyl (C=O) groups is 4. The van der Waals surface area contributed by atoms with Gasteiger partial charge < -0.3 is 5.11 Å². The molecule has 2 aromatic rings. The summed E-state index contributed by atoms with van der Waals surface area (Å²) < 4.78 is 0. The molecule has 29 heavy (non-hydrogen) atoms. The Kier molecular flexibility index (Phi) is 4.50. The molecule has 0 aromatic heterocycles. The van der Waals surface area contributed by atoms with Gasteiger partial charge in [-0.1, -0.05) is 30.3 Å². The number of benzene rings is 2. The van der Waals surface area contributed by atoms with Gasteiger partial charge in [0, 0.05) is 5.56 Å². The van der Waals surface area contributed by atoms with E-state index >= 15 is 0 Å².